The Morgan fingerprint density at radius 2 is 1.84 bits per heavy atom. The summed E-state index contributed by atoms with van der Waals surface area (Å²) in [4.78, 5) is 38.9. The van der Waals surface area contributed by atoms with Gasteiger partial charge >= 0.3 is 6.03 Å². The van der Waals surface area contributed by atoms with Crippen molar-refractivity contribution in [1.29, 1.82) is 5.26 Å². The maximum Gasteiger partial charge on any atom is 0.323 e. The number of hydrogen-bond donors (Lipinski definition) is 5. The molecule has 1 atom stereocenters. The Morgan fingerprint density at radius 1 is 1.09 bits per heavy atom. The molecule has 0 saturated heterocycles. The number of fused-ring (bicyclic) bond motifs is 1. The maximum absolute atomic E-state index is 13.9. The number of para-hydroxylation sites is 1. The summed E-state index contributed by atoms with van der Waals surface area (Å²) >= 11 is 6.40. The molecule has 2 amide bonds. The Hall–Kier alpha value is -5.56. The number of nitrogens with two attached hydrogens (primary N) is 1. The number of benzene rings is 3. The molecule has 0 bridgehead atoms. The van der Waals surface area contributed by atoms with Gasteiger partial charge in [-0.25, -0.2) is 19.7 Å². The summed E-state index contributed by atoms with van der Waals surface area (Å²) in [6, 6.07) is 16.9. The van der Waals surface area contributed by atoms with Crippen LogP contribution in [0, 0.1) is 11.3 Å². The third-order valence-electron chi connectivity index (χ3n) is 6.38. The smallest absolute Gasteiger partial charge is 0.323 e. The fraction of sp³-hybridized carbons (Fsp3) is 0.0714. The number of nitrogens with zero attached hydrogens (tertiary/aromatic N) is 5. The van der Waals surface area contributed by atoms with Gasteiger partial charge in [-0.1, -0.05) is 35.9 Å². The van der Waals surface area contributed by atoms with E-state index in [1.165, 1.54) is 35.2 Å². The Balaban J connectivity index is 1.55. The van der Waals surface area contributed by atoms with E-state index in [1.54, 1.807) is 43.3 Å². The van der Waals surface area contributed by atoms with Crippen LogP contribution >= 0.6 is 11.6 Å². The highest BCUT2D eigenvalue weighted by Crippen LogP contribution is 2.27. The second kappa shape index (κ2) is 12.0. The van der Waals surface area contributed by atoms with Crippen molar-refractivity contribution in [2.75, 3.05) is 21.7 Å². The van der Waals surface area contributed by atoms with Crippen molar-refractivity contribution in [2.45, 2.75) is 17.9 Å². The molecule has 0 radical (unpaired) electrons. The molecule has 16 heteroatoms. The van der Waals surface area contributed by atoms with E-state index in [0.717, 1.165) is 6.07 Å². The predicted molar refractivity (Wildman–Crippen MR) is 164 cm³/mol. The average Bonchev–Trinajstić information content (AvgIpc) is 2.97. The standard InChI is InChI=1S/C28H22ClN9O5S/c1-15(34-25-18(13-30)24(31)32-14-33-25)26-36-21-10-5-8-19(29)23(21)27(39)38(26)17-7-4-6-16(12-17)35-28(40)37-20-9-2-3-11-22(20)44(41,42)43/h2-12,14-15H,1H3,(H2,35,37,40)(H,41,42,43)(H3,31,32,33,34)/t15-/m0/s1. The van der Waals surface area contributed by atoms with Crippen LogP contribution < -0.4 is 27.2 Å². The zero-order chi connectivity index (χ0) is 31.6. The molecule has 0 unspecified atom stereocenters. The first-order chi connectivity index (χ1) is 21.0. The number of nitrogen functional groups attached to an aromatic ring is 1. The van der Waals surface area contributed by atoms with Crippen molar-refractivity contribution in [3.8, 4) is 11.8 Å². The quantitative estimate of drug-likeness (QED) is 0.159. The van der Waals surface area contributed by atoms with Crippen molar-refractivity contribution in [1.82, 2.24) is 19.5 Å². The van der Waals surface area contributed by atoms with Crippen molar-refractivity contribution >= 4 is 61.7 Å². The van der Waals surface area contributed by atoms with Gasteiger partial charge in [0.1, 0.15) is 40.3 Å². The highest BCUT2D eigenvalue weighted by molar-refractivity contribution is 7.86. The third-order valence-corrected chi connectivity index (χ3v) is 7.60. The fourth-order valence-corrected chi connectivity index (χ4v) is 5.34. The first kappa shape index (κ1) is 29.9. The number of nitrogens with one attached hydrogen (secondary N) is 3. The van der Waals surface area contributed by atoms with Gasteiger partial charge in [0.25, 0.3) is 15.7 Å². The Morgan fingerprint density at radius 3 is 2.59 bits per heavy atom. The number of halogens is 1. The molecule has 3 aromatic carbocycles. The van der Waals surface area contributed by atoms with Crippen LogP contribution in [0.1, 0.15) is 24.4 Å². The summed E-state index contributed by atoms with van der Waals surface area (Å²) < 4.78 is 34.2. The Kier molecular flexibility index (Phi) is 8.14. The minimum atomic E-state index is -4.60. The highest BCUT2D eigenvalue weighted by Gasteiger charge is 2.22. The highest BCUT2D eigenvalue weighted by atomic mass is 35.5. The molecule has 0 aliphatic rings. The molecule has 0 saturated carbocycles. The normalized spacial score (nSPS) is 11.9. The van der Waals surface area contributed by atoms with Crippen molar-refractivity contribution in [2.24, 2.45) is 0 Å². The van der Waals surface area contributed by atoms with Gasteiger partial charge in [0, 0.05) is 5.69 Å². The molecule has 0 aliphatic heterocycles. The van der Waals surface area contributed by atoms with Crippen molar-refractivity contribution < 1.29 is 17.8 Å². The zero-order valence-corrected chi connectivity index (χ0v) is 24.3. The van der Waals surface area contributed by atoms with Gasteiger partial charge < -0.3 is 21.7 Å². The lowest BCUT2D eigenvalue weighted by molar-refractivity contribution is 0.262. The lowest BCUT2D eigenvalue weighted by Gasteiger charge is -2.21. The Bertz CT molecular complexity index is 2150. The molecule has 0 aliphatic carbocycles. The lowest BCUT2D eigenvalue weighted by atomic mass is 10.2. The molecule has 2 aromatic heterocycles. The first-order valence-corrected chi connectivity index (χ1v) is 14.5. The predicted octanol–water partition coefficient (Wildman–Crippen LogP) is 4.35. The topological polar surface area (TPSA) is 218 Å². The van der Waals surface area contributed by atoms with Crippen LogP contribution in [0.3, 0.4) is 0 Å². The van der Waals surface area contributed by atoms with Crippen LogP contribution in [0.15, 0.2) is 82.7 Å². The van der Waals surface area contributed by atoms with Crippen molar-refractivity contribution in [3.63, 3.8) is 0 Å². The van der Waals surface area contributed by atoms with Gasteiger partial charge in [-0.05, 0) is 49.4 Å². The number of amides is 2. The average molecular weight is 632 g/mol. The van der Waals surface area contributed by atoms with Gasteiger partial charge in [-0.2, -0.15) is 13.7 Å². The summed E-state index contributed by atoms with van der Waals surface area (Å²) in [6.45, 7) is 1.70. The molecule has 0 spiro atoms. The molecular weight excluding hydrogens is 610 g/mol. The van der Waals surface area contributed by atoms with E-state index in [0.29, 0.717) is 11.2 Å². The maximum atomic E-state index is 13.9. The number of anilines is 4. The van der Waals surface area contributed by atoms with E-state index in [1.807, 2.05) is 6.07 Å². The number of carbonyl (C=O) groups excluding carboxylic acids is 1. The van der Waals surface area contributed by atoms with Crippen LogP contribution in [0.25, 0.3) is 16.6 Å². The van der Waals surface area contributed by atoms with E-state index in [4.69, 9.17) is 22.3 Å². The van der Waals surface area contributed by atoms with Gasteiger partial charge in [0.2, 0.25) is 0 Å². The van der Waals surface area contributed by atoms with Crippen LogP contribution in [0.4, 0.5) is 27.8 Å². The van der Waals surface area contributed by atoms with Crippen LogP contribution in [-0.4, -0.2) is 38.5 Å². The third kappa shape index (κ3) is 5.99. The van der Waals surface area contributed by atoms with E-state index in [9.17, 15) is 27.8 Å². The van der Waals surface area contributed by atoms with E-state index < -0.39 is 32.6 Å². The Labute approximate surface area is 254 Å². The van der Waals surface area contributed by atoms with Gasteiger partial charge in [-0.15, -0.1) is 0 Å². The van der Waals surface area contributed by atoms with Gasteiger partial charge in [0.05, 0.1) is 33.3 Å². The summed E-state index contributed by atoms with van der Waals surface area (Å²) in [6.07, 6.45) is 1.19. The van der Waals surface area contributed by atoms with E-state index in [-0.39, 0.29) is 44.8 Å². The molecule has 0 fully saturated rings. The molecular formula is C28H22ClN9O5S. The second-order valence-electron chi connectivity index (χ2n) is 9.31. The fourth-order valence-electron chi connectivity index (χ4n) is 4.44. The van der Waals surface area contributed by atoms with E-state index >= 15 is 0 Å². The first-order valence-electron chi connectivity index (χ1n) is 12.7. The van der Waals surface area contributed by atoms with Crippen LogP contribution in [0.5, 0.6) is 0 Å². The molecule has 5 aromatic rings. The monoisotopic (exact) mass is 631 g/mol. The minimum Gasteiger partial charge on any atom is -0.382 e. The molecule has 44 heavy (non-hydrogen) atoms. The van der Waals surface area contributed by atoms with Crippen molar-refractivity contribution in [3.05, 3.63) is 99.8 Å². The number of hydrogen-bond acceptors (Lipinski definition) is 10. The second-order valence-corrected chi connectivity index (χ2v) is 11.1. The summed E-state index contributed by atoms with van der Waals surface area (Å²) in [7, 11) is -4.60. The molecule has 5 rings (SSSR count). The zero-order valence-electron chi connectivity index (χ0n) is 22.7. The van der Waals surface area contributed by atoms with Gasteiger partial charge in [0.15, 0.2) is 0 Å². The van der Waals surface area contributed by atoms with E-state index in [2.05, 4.69) is 25.9 Å². The molecule has 14 nitrogen and oxygen atoms in total. The minimum absolute atomic E-state index is 0.0184. The molecule has 222 valence electrons. The number of carbonyl (C=O) groups is 1. The summed E-state index contributed by atoms with van der Waals surface area (Å²) in [5.74, 6) is 0.329. The number of aromatic nitrogens is 4. The molecule has 6 N–H and O–H groups in total. The van der Waals surface area contributed by atoms with Crippen LogP contribution in [0.2, 0.25) is 5.02 Å². The number of urea groups is 1. The summed E-state index contributed by atoms with van der Waals surface area (Å²) in [5, 5.41) is 18.0. The van der Waals surface area contributed by atoms with Crippen LogP contribution in [-0.2, 0) is 10.1 Å². The number of nitriles is 1. The number of rotatable bonds is 7. The molecule has 2 heterocycles. The lowest BCUT2D eigenvalue weighted by Crippen LogP contribution is -2.28. The summed E-state index contributed by atoms with van der Waals surface area (Å²) in [5.41, 5.74) is 6.07. The largest absolute Gasteiger partial charge is 0.382 e. The SMILES string of the molecule is C[C@H](Nc1ncnc(N)c1C#N)c1nc2cccc(Cl)c2c(=O)n1-c1cccc(NC(=O)Nc2ccccc2S(=O)(=O)O)c1. The van der Waals surface area contributed by atoms with Gasteiger partial charge in [-0.3, -0.25) is 13.9 Å².